The zero-order valence-electron chi connectivity index (χ0n) is 17.0. The molecular formula is C25H23N3O3. The fraction of sp³-hybridized carbons (Fsp3) is 0.240. The summed E-state index contributed by atoms with van der Waals surface area (Å²) in [5.41, 5.74) is 3.21. The Morgan fingerprint density at radius 3 is 2.68 bits per heavy atom. The zero-order valence-corrected chi connectivity index (χ0v) is 17.0. The Morgan fingerprint density at radius 1 is 1.06 bits per heavy atom. The molecule has 0 spiro atoms. The highest BCUT2D eigenvalue weighted by Gasteiger charge is 2.28. The first-order chi connectivity index (χ1) is 15.2. The van der Waals surface area contributed by atoms with Crippen molar-refractivity contribution in [3.63, 3.8) is 0 Å². The highest BCUT2D eigenvalue weighted by Crippen LogP contribution is 2.41. The van der Waals surface area contributed by atoms with E-state index in [0.717, 1.165) is 35.9 Å². The van der Waals surface area contributed by atoms with Crippen LogP contribution in [0.1, 0.15) is 46.9 Å². The number of para-hydroxylation sites is 2. The van der Waals surface area contributed by atoms with E-state index in [1.807, 2.05) is 36.4 Å². The number of carbonyl (C=O) groups excluding carboxylic acids is 1. The lowest BCUT2D eigenvalue weighted by Crippen LogP contribution is -2.04. The summed E-state index contributed by atoms with van der Waals surface area (Å²) in [6.07, 6.45) is 4.71. The van der Waals surface area contributed by atoms with Gasteiger partial charge in [0.25, 0.3) is 0 Å². The second kappa shape index (κ2) is 8.32. The summed E-state index contributed by atoms with van der Waals surface area (Å²) in [4.78, 5) is 24.7. The SMILES string of the molecule is O=C(c1ccc(Oc2ncccc2C2CC[C@H](CO)C2)cc1)c1nc2ccccc2[nH]1. The van der Waals surface area contributed by atoms with Crippen molar-refractivity contribution in [3.05, 3.63) is 83.8 Å². The normalized spacial score (nSPS) is 18.4. The molecule has 0 aliphatic heterocycles. The fourth-order valence-electron chi connectivity index (χ4n) is 4.31. The van der Waals surface area contributed by atoms with Gasteiger partial charge in [0, 0.05) is 23.9 Å². The maximum Gasteiger partial charge on any atom is 0.228 e. The van der Waals surface area contributed by atoms with Gasteiger partial charge in [-0.2, -0.15) is 0 Å². The van der Waals surface area contributed by atoms with Crippen molar-refractivity contribution in [1.82, 2.24) is 15.0 Å². The Labute approximate surface area is 179 Å². The van der Waals surface area contributed by atoms with E-state index in [1.165, 1.54) is 0 Å². The summed E-state index contributed by atoms with van der Waals surface area (Å²) in [6, 6.07) is 18.6. The molecule has 0 amide bonds. The average molecular weight is 413 g/mol. The molecule has 4 aromatic rings. The maximum atomic E-state index is 12.8. The van der Waals surface area contributed by atoms with Crippen molar-refractivity contribution in [2.45, 2.75) is 25.2 Å². The highest BCUT2D eigenvalue weighted by molar-refractivity contribution is 6.08. The van der Waals surface area contributed by atoms with Gasteiger partial charge in [0.2, 0.25) is 11.7 Å². The molecule has 5 rings (SSSR count). The van der Waals surface area contributed by atoms with E-state index in [0.29, 0.717) is 34.9 Å². The number of aliphatic hydroxyl groups is 1. The third kappa shape index (κ3) is 3.94. The van der Waals surface area contributed by atoms with Gasteiger partial charge in [-0.15, -0.1) is 0 Å². The number of nitrogens with zero attached hydrogens (tertiary/aromatic N) is 2. The summed E-state index contributed by atoms with van der Waals surface area (Å²) in [6.45, 7) is 0.230. The van der Waals surface area contributed by atoms with Crippen LogP contribution in [0, 0.1) is 5.92 Å². The lowest BCUT2D eigenvalue weighted by atomic mass is 9.97. The number of imidazole rings is 1. The number of hydrogen-bond acceptors (Lipinski definition) is 5. The molecule has 2 atom stereocenters. The van der Waals surface area contributed by atoms with Crippen molar-refractivity contribution in [2.24, 2.45) is 5.92 Å². The van der Waals surface area contributed by atoms with Gasteiger partial charge in [0.1, 0.15) is 5.75 Å². The number of H-pyrrole nitrogens is 1. The third-order valence-corrected chi connectivity index (χ3v) is 5.98. The molecule has 6 nitrogen and oxygen atoms in total. The number of aromatic amines is 1. The van der Waals surface area contributed by atoms with Crippen LogP contribution >= 0.6 is 0 Å². The molecule has 0 radical (unpaired) electrons. The molecule has 6 heteroatoms. The summed E-state index contributed by atoms with van der Waals surface area (Å²) < 4.78 is 6.07. The molecule has 2 N–H and O–H groups in total. The number of pyridine rings is 1. The van der Waals surface area contributed by atoms with Crippen LogP contribution in [0.5, 0.6) is 11.6 Å². The molecule has 1 aliphatic carbocycles. The first-order valence-corrected chi connectivity index (χ1v) is 10.5. The lowest BCUT2D eigenvalue weighted by molar-refractivity contribution is 0.103. The van der Waals surface area contributed by atoms with E-state index in [9.17, 15) is 9.90 Å². The Hall–Kier alpha value is -3.51. The smallest absolute Gasteiger partial charge is 0.228 e. The summed E-state index contributed by atoms with van der Waals surface area (Å²) in [7, 11) is 0. The predicted molar refractivity (Wildman–Crippen MR) is 117 cm³/mol. The third-order valence-electron chi connectivity index (χ3n) is 5.98. The fourth-order valence-corrected chi connectivity index (χ4v) is 4.31. The predicted octanol–water partition coefficient (Wildman–Crippen LogP) is 4.86. The van der Waals surface area contributed by atoms with Gasteiger partial charge in [-0.3, -0.25) is 4.79 Å². The molecular weight excluding hydrogens is 390 g/mol. The van der Waals surface area contributed by atoms with Gasteiger partial charge in [-0.25, -0.2) is 9.97 Å². The van der Waals surface area contributed by atoms with Gasteiger partial charge in [-0.05, 0) is 73.6 Å². The number of aromatic nitrogens is 3. The van der Waals surface area contributed by atoms with Gasteiger partial charge in [-0.1, -0.05) is 18.2 Å². The standard InChI is InChI=1S/C25H23N3O3/c29-15-16-7-8-18(14-16)20-4-3-13-26-25(20)31-19-11-9-17(10-12-19)23(30)24-27-21-5-1-2-6-22(21)28-24/h1-6,9-13,16,18,29H,7-8,14-15H2,(H,27,28)/t16-,18?/m0/s1. The first-order valence-electron chi connectivity index (χ1n) is 10.5. The number of hydrogen-bond donors (Lipinski definition) is 2. The van der Waals surface area contributed by atoms with E-state index in [4.69, 9.17) is 4.74 Å². The molecule has 1 fully saturated rings. The summed E-state index contributed by atoms with van der Waals surface area (Å²) in [5, 5.41) is 9.45. The highest BCUT2D eigenvalue weighted by atomic mass is 16.5. The maximum absolute atomic E-state index is 12.8. The van der Waals surface area contributed by atoms with Crippen LogP contribution in [0.2, 0.25) is 0 Å². The van der Waals surface area contributed by atoms with E-state index >= 15 is 0 Å². The average Bonchev–Trinajstić information content (AvgIpc) is 3.46. The second-order valence-electron chi connectivity index (χ2n) is 8.01. The topological polar surface area (TPSA) is 88.1 Å². The van der Waals surface area contributed by atoms with Gasteiger partial charge >= 0.3 is 0 Å². The number of rotatable bonds is 6. The van der Waals surface area contributed by atoms with E-state index < -0.39 is 0 Å². The van der Waals surface area contributed by atoms with Crippen LogP contribution in [-0.2, 0) is 0 Å². The molecule has 31 heavy (non-hydrogen) atoms. The number of aliphatic hydroxyl groups excluding tert-OH is 1. The lowest BCUT2D eigenvalue weighted by Gasteiger charge is -2.15. The molecule has 2 aromatic heterocycles. The number of fused-ring (bicyclic) bond motifs is 1. The van der Waals surface area contributed by atoms with Gasteiger partial charge < -0.3 is 14.8 Å². The van der Waals surface area contributed by atoms with Gasteiger partial charge in [0.15, 0.2) is 5.82 Å². The number of ketones is 1. The van der Waals surface area contributed by atoms with Crippen LogP contribution in [0.3, 0.4) is 0 Å². The van der Waals surface area contributed by atoms with Gasteiger partial charge in [0.05, 0.1) is 11.0 Å². The van der Waals surface area contributed by atoms with Crippen LogP contribution in [-0.4, -0.2) is 32.4 Å². The number of nitrogens with one attached hydrogen (secondary N) is 1. The first kappa shape index (κ1) is 19.5. The molecule has 0 saturated heterocycles. The Bertz CT molecular complexity index is 1180. The molecule has 0 bridgehead atoms. The summed E-state index contributed by atoms with van der Waals surface area (Å²) >= 11 is 0. The molecule has 156 valence electrons. The largest absolute Gasteiger partial charge is 0.439 e. The van der Waals surface area contributed by atoms with Crippen molar-refractivity contribution in [2.75, 3.05) is 6.61 Å². The summed E-state index contributed by atoms with van der Waals surface area (Å²) in [5.74, 6) is 2.06. The number of benzene rings is 2. The Morgan fingerprint density at radius 2 is 1.90 bits per heavy atom. The second-order valence-corrected chi connectivity index (χ2v) is 8.01. The molecule has 1 unspecified atom stereocenters. The van der Waals surface area contributed by atoms with E-state index in [-0.39, 0.29) is 12.4 Å². The molecule has 1 aliphatic rings. The molecule has 2 aromatic carbocycles. The van der Waals surface area contributed by atoms with Crippen LogP contribution in [0.25, 0.3) is 11.0 Å². The van der Waals surface area contributed by atoms with E-state index in [1.54, 1.807) is 30.5 Å². The van der Waals surface area contributed by atoms with Crippen LogP contribution in [0.4, 0.5) is 0 Å². The van der Waals surface area contributed by atoms with Crippen LogP contribution in [0.15, 0.2) is 66.9 Å². The van der Waals surface area contributed by atoms with Crippen molar-refractivity contribution in [3.8, 4) is 11.6 Å². The Kier molecular flexibility index (Phi) is 5.22. The van der Waals surface area contributed by atoms with Crippen LogP contribution < -0.4 is 4.74 Å². The minimum Gasteiger partial charge on any atom is -0.439 e. The van der Waals surface area contributed by atoms with Crippen molar-refractivity contribution in [1.29, 1.82) is 0 Å². The minimum atomic E-state index is -0.165. The van der Waals surface area contributed by atoms with Crippen molar-refractivity contribution >= 4 is 16.8 Å². The van der Waals surface area contributed by atoms with Crippen molar-refractivity contribution < 1.29 is 14.6 Å². The molecule has 2 heterocycles. The Balaban J connectivity index is 1.34. The minimum absolute atomic E-state index is 0.165. The zero-order chi connectivity index (χ0) is 21.2. The number of ether oxygens (including phenoxy) is 1. The molecule has 1 saturated carbocycles. The quantitative estimate of drug-likeness (QED) is 0.441. The monoisotopic (exact) mass is 413 g/mol. The number of carbonyl (C=O) groups is 1. The van der Waals surface area contributed by atoms with E-state index in [2.05, 4.69) is 15.0 Å².